The molecule has 2 nitrogen and oxygen atoms in total. The van der Waals surface area contributed by atoms with E-state index in [0.29, 0.717) is 0 Å². The van der Waals surface area contributed by atoms with Crippen molar-refractivity contribution in [3.8, 4) is 0 Å². The standard InChI is InChI=1S/C22H26N2Si/c1-4-14-25(3)21-15-17(2)8-10-19(21)23-20-11-9-18(16-22(20)25)24-12-6-5-7-13-24/h4,8-11,15-16H,1-2,5-7,12-14H2,3H3. The minimum Gasteiger partial charge on any atom is -0.372 e. The second-order valence-electron chi connectivity index (χ2n) is 7.54. The molecule has 0 aliphatic carbocycles. The molecule has 0 amide bonds. The maximum absolute atomic E-state index is 4.97. The molecule has 0 N–H and O–H groups in total. The lowest BCUT2D eigenvalue weighted by molar-refractivity contribution is 0.578. The minimum atomic E-state index is -1.88. The van der Waals surface area contributed by atoms with Crippen LogP contribution in [0.5, 0.6) is 0 Å². The smallest absolute Gasteiger partial charge is 0.124 e. The summed E-state index contributed by atoms with van der Waals surface area (Å²) in [5.74, 6) is 0. The molecule has 1 unspecified atom stereocenters. The fourth-order valence-electron chi connectivity index (χ4n) is 4.32. The van der Waals surface area contributed by atoms with Gasteiger partial charge < -0.3 is 4.90 Å². The summed E-state index contributed by atoms with van der Waals surface area (Å²) in [6, 6.07) is 14.4. The lowest BCUT2D eigenvalue weighted by Crippen LogP contribution is -2.63. The SMILES string of the molecule is C=CC[Si]1(C)c2cc(N3CCCCC3)ccc2N=c2ccc(=C)cc21. The number of hydrogen-bond donors (Lipinski definition) is 0. The maximum atomic E-state index is 4.97. The Morgan fingerprint density at radius 2 is 1.88 bits per heavy atom. The number of piperidine rings is 1. The van der Waals surface area contributed by atoms with E-state index in [1.54, 1.807) is 0 Å². The van der Waals surface area contributed by atoms with Crippen LogP contribution in [0, 0.1) is 0 Å². The van der Waals surface area contributed by atoms with Gasteiger partial charge in [0.05, 0.1) is 11.0 Å². The number of fused-ring (bicyclic) bond motifs is 2. The van der Waals surface area contributed by atoms with Crippen molar-refractivity contribution in [2.24, 2.45) is 4.99 Å². The molecule has 0 bridgehead atoms. The Labute approximate surface area is 151 Å². The maximum Gasteiger partial charge on any atom is 0.124 e. The van der Waals surface area contributed by atoms with Gasteiger partial charge in [-0.25, -0.2) is 4.99 Å². The molecule has 3 heteroatoms. The lowest BCUT2D eigenvalue weighted by Gasteiger charge is -2.34. The van der Waals surface area contributed by atoms with Crippen molar-refractivity contribution in [3.63, 3.8) is 0 Å². The van der Waals surface area contributed by atoms with Gasteiger partial charge in [-0.15, -0.1) is 6.58 Å². The highest BCUT2D eigenvalue weighted by atomic mass is 28.3. The van der Waals surface area contributed by atoms with Gasteiger partial charge in [0.25, 0.3) is 0 Å². The Balaban J connectivity index is 1.90. The van der Waals surface area contributed by atoms with Gasteiger partial charge in [-0.3, -0.25) is 0 Å². The van der Waals surface area contributed by atoms with Gasteiger partial charge in [0.1, 0.15) is 8.07 Å². The van der Waals surface area contributed by atoms with Crippen LogP contribution in [0.15, 0.2) is 54.0 Å². The average molecular weight is 347 g/mol. The van der Waals surface area contributed by atoms with E-state index < -0.39 is 8.07 Å². The van der Waals surface area contributed by atoms with E-state index in [1.807, 2.05) is 0 Å². The summed E-state index contributed by atoms with van der Waals surface area (Å²) in [6.07, 6.45) is 6.06. The monoisotopic (exact) mass is 346 g/mol. The normalized spacial score (nSPS) is 21.9. The van der Waals surface area contributed by atoms with E-state index in [2.05, 4.69) is 67.1 Å². The van der Waals surface area contributed by atoms with Crippen molar-refractivity contribution in [2.75, 3.05) is 18.0 Å². The third-order valence-electron chi connectivity index (χ3n) is 5.74. The largest absolute Gasteiger partial charge is 0.372 e. The third kappa shape index (κ3) is 2.77. The molecule has 2 heterocycles. The fraction of sp³-hybridized carbons (Fsp3) is 0.318. The molecule has 0 radical (unpaired) electrons. The Morgan fingerprint density at radius 1 is 1.08 bits per heavy atom. The van der Waals surface area contributed by atoms with Crippen LogP contribution in [0.25, 0.3) is 6.58 Å². The van der Waals surface area contributed by atoms with Crippen molar-refractivity contribution < 1.29 is 0 Å². The van der Waals surface area contributed by atoms with E-state index in [-0.39, 0.29) is 0 Å². The molecule has 0 spiro atoms. The lowest BCUT2D eigenvalue weighted by atomic mass is 10.1. The van der Waals surface area contributed by atoms with Crippen molar-refractivity contribution in [1.82, 2.24) is 0 Å². The molecule has 1 fully saturated rings. The predicted molar refractivity (Wildman–Crippen MR) is 111 cm³/mol. The third-order valence-corrected chi connectivity index (χ3v) is 10.0. The molecular weight excluding hydrogens is 320 g/mol. The zero-order valence-corrected chi connectivity index (χ0v) is 16.1. The summed E-state index contributed by atoms with van der Waals surface area (Å²) in [5, 5.41) is 5.06. The van der Waals surface area contributed by atoms with Crippen molar-refractivity contribution in [1.29, 1.82) is 0 Å². The van der Waals surface area contributed by atoms with Crippen LogP contribution in [-0.4, -0.2) is 21.2 Å². The van der Waals surface area contributed by atoms with Crippen molar-refractivity contribution in [2.45, 2.75) is 31.9 Å². The summed E-state index contributed by atoms with van der Waals surface area (Å²) in [7, 11) is -1.88. The highest BCUT2D eigenvalue weighted by molar-refractivity contribution is 7.02. The predicted octanol–water partition coefficient (Wildman–Crippen LogP) is 2.73. The molecule has 4 rings (SSSR count). The molecule has 25 heavy (non-hydrogen) atoms. The Hall–Kier alpha value is -2.13. The van der Waals surface area contributed by atoms with E-state index in [4.69, 9.17) is 4.99 Å². The van der Waals surface area contributed by atoms with E-state index in [1.165, 1.54) is 48.4 Å². The van der Waals surface area contributed by atoms with Crippen LogP contribution in [0.2, 0.25) is 12.6 Å². The summed E-state index contributed by atoms with van der Waals surface area (Å²) in [6.45, 7) is 13.0. The second kappa shape index (κ2) is 6.30. The van der Waals surface area contributed by atoms with Crippen LogP contribution in [-0.2, 0) is 0 Å². The minimum absolute atomic E-state index is 1.04. The molecule has 0 aromatic heterocycles. The van der Waals surface area contributed by atoms with Crippen LogP contribution in [0.3, 0.4) is 0 Å². The van der Waals surface area contributed by atoms with Crippen LogP contribution < -0.4 is 25.8 Å². The van der Waals surface area contributed by atoms with Gasteiger partial charge in [0, 0.05) is 18.8 Å². The van der Waals surface area contributed by atoms with Gasteiger partial charge >= 0.3 is 0 Å². The number of allylic oxidation sites excluding steroid dienone is 1. The zero-order valence-electron chi connectivity index (χ0n) is 15.1. The quantitative estimate of drug-likeness (QED) is 0.616. The summed E-state index contributed by atoms with van der Waals surface area (Å²) >= 11 is 0. The first-order chi connectivity index (χ1) is 12.1. The molecule has 2 aromatic rings. The van der Waals surface area contributed by atoms with E-state index in [9.17, 15) is 0 Å². The molecule has 128 valence electrons. The first kappa shape index (κ1) is 16.3. The number of rotatable bonds is 3. The highest BCUT2D eigenvalue weighted by Gasteiger charge is 2.36. The molecule has 2 aromatic carbocycles. The van der Waals surface area contributed by atoms with Gasteiger partial charge in [0.2, 0.25) is 0 Å². The summed E-state index contributed by atoms with van der Waals surface area (Å²) in [5.41, 5.74) is 2.52. The number of nitrogens with zero attached hydrogens (tertiary/aromatic N) is 2. The average Bonchev–Trinajstić information content (AvgIpc) is 2.64. The Morgan fingerprint density at radius 3 is 2.64 bits per heavy atom. The first-order valence-electron chi connectivity index (χ1n) is 9.30. The molecular formula is C22H26N2Si. The zero-order chi connectivity index (χ0) is 17.4. The summed E-state index contributed by atoms with van der Waals surface area (Å²) < 4.78 is 0. The van der Waals surface area contributed by atoms with Crippen LogP contribution in [0.4, 0.5) is 11.4 Å². The van der Waals surface area contributed by atoms with Gasteiger partial charge in [-0.1, -0.05) is 31.3 Å². The van der Waals surface area contributed by atoms with Crippen LogP contribution in [0.1, 0.15) is 19.3 Å². The van der Waals surface area contributed by atoms with Crippen molar-refractivity contribution in [3.05, 3.63) is 59.6 Å². The second-order valence-corrected chi connectivity index (χ2v) is 11.7. The number of hydrogen-bond acceptors (Lipinski definition) is 2. The van der Waals surface area contributed by atoms with Gasteiger partial charge in [-0.05, 0) is 65.2 Å². The molecule has 2 aliphatic heterocycles. The molecule has 1 atom stereocenters. The topological polar surface area (TPSA) is 15.6 Å². The molecule has 2 aliphatic rings. The number of anilines is 1. The number of benzene rings is 2. The molecule has 1 saturated heterocycles. The highest BCUT2D eigenvalue weighted by Crippen LogP contribution is 2.26. The molecule has 0 saturated carbocycles. The van der Waals surface area contributed by atoms with E-state index >= 15 is 0 Å². The Bertz CT molecular complexity index is 928. The van der Waals surface area contributed by atoms with E-state index in [0.717, 1.165) is 22.3 Å². The summed E-state index contributed by atoms with van der Waals surface area (Å²) in [4.78, 5) is 7.51. The van der Waals surface area contributed by atoms with Gasteiger partial charge in [0.15, 0.2) is 0 Å². The fourth-order valence-corrected chi connectivity index (χ4v) is 8.01. The Kier molecular flexibility index (Phi) is 4.12. The van der Waals surface area contributed by atoms with Gasteiger partial charge in [-0.2, -0.15) is 0 Å². The van der Waals surface area contributed by atoms with Crippen LogP contribution >= 0.6 is 0 Å². The first-order valence-corrected chi connectivity index (χ1v) is 12.0. The van der Waals surface area contributed by atoms with Crippen molar-refractivity contribution >= 4 is 36.4 Å².